The Bertz CT molecular complexity index is 964. The smallest absolute Gasteiger partial charge is 0.254 e. The van der Waals surface area contributed by atoms with Crippen LogP contribution in [0.5, 0.6) is 5.75 Å². The number of nitrogens with one attached hydrogen (secondary N) is 3. The van der Waals surface area contributed by atoms with E-state index >= 15 is 0 Å². The second-order valence-electron chi connectivity index (χ2n) is 5.09. The van der Waals surface area contributed by atoms with Crippen molar-refractivity contribution in [1.29, 1.82) is 0 Å². The number of anilines is 4. The average molecular weight is 410 g/mol. The summed E-state index contributed by atoms with van der Waals surface area (Å²) in [7, 11) is 1.49. The van der Waals surface area contributed by atoms with Crippen molar-refractivity contribution < 1.29 is 9.90 Å². The number of nitrogens with zero attached hydrogens (tertiary/aromatic N) is 2. The van der Waals surface area contributed by atoms with Gasteiger partial charge in [-0.05, 0) is 24.3 Å². The first-order chi connectivity index (χ1) is 12.5. The number of benzene rings is 2. The highest BCUT2D eigenvalue weighted by atomic mass is 35.5. The molecule has 0 saturated carbocycles. The minimum absolute atomic E-state index is 0.146. The molecule has 0 aliphatic rings. The molecular formula is C16H13Cl2N5O2S. The fraction of sp³-hybridized carbons (Fsp3) is 0.0625. The van der Waals surface area contributed by atoms with Crippen molar-refractivity contribution in [2.45, 2.75) is 0 Å². The van der Waals surface area contributed by atoms with E-state index in [1.165, 1.54) is 13.1 Å². The molecule has 0 radical (unpaired) electrons. The lowest BCUT2D eigenvalue weighted by Crippen LogP contribution is -2.18. The number of aromatic hydroxyl groups is 1. The summed E-state index contributed by atoms with van der Waals surface area (Å²) in [6.07, 6.45) is 0. The second-order valence-corrected chi connectivity index (χ2v) is 6.41. The molecule has 0 fully saturated rings. The van der Waals surface area contributed by atoms with Gasteiger partial charge >= 0.3 is 0 Å². The summed E-state index contributed by atoms with van der Waals surface area (Å²) < 4.78 is 8.34. The molecule has 0 unspecified atom stereocenters. The van der Waals surface area contributed by atoms with Gasteiger partial charge in [-0.1, -0.05) is 35.3 Å². The molecule has 1 amide bonds. The van der Waals surface area contributed by atoms with Crippen molar-refractivity contribution in [2.24, 2.45) is 0 Å². The van der Waals surface area contributed by atoms with Gasteiger partial charge in [0.25, 0.3) is 5.91 Å². The van der Waals surface area contributed by atoms with Crippen LogP contribution in [0, 0.1) is 0 Å². The van der Waals surface area contributed by atoms with Gasteiger partial charge in [0.05, 0.1) is 38.7 Å². The Balaban J connectivity index is 1.88. The number of halogens is 2. The maximum absolute atomic E-state index is 11.8. The molecule has 1 heterocycles. The Labute approximate surface area is 163 Å². The highest BCUT2D eigenvalue weighted by molar-refractivity contribution is 6.99. The molecule has 3 rings (SSSR count). The Morgan fingerprint density at radius 3 is 2.35 bits per heavy atom. The number of hydrogen-bond acceptors (Lipinski definition) is 7. The van der Waals surface area contributed by atoms with E-state index in [0.717, 1.165) is 11.7 Å². The molecule has 0 aliphatic carbocycles. The molecule has 0 aliphatic heterocycles. The minimum atomic E-state index is -0.397. The quantitative estimate of drug-likeness (QED) is 0.466. The zero-order chi connectivity index (χ0) is 18.7. The van der Waals surface area contributed by atoms with E-state index in [1.54, 1.807) is 30.3 Å². The van der Waals surface area contributed by atoms with E-state index in [-0.39, 0.29) is 11.3 Å². The van der Waals surface area contributed by atoms with Gasteiger partial charge in [-0.25, -0.2) is 0 Å². The molecule has 26 heavy (non-hydrogen) atoms. The average Bonchev–Trinajstić information content (AvgIpc) is 3.07. The molecule has 2 aromatic carbocycles. The number of amides is 1. The number of phenols is 1. The van der Waals surface area contributed by atoms with Crippen molar-refractivity contribution in [3.8, 4) is 5.75 Å². The molecule has 7 nitrogen and oxygen atoms in total. The van der Waals surface area contributed by atoms with Crippen LogP contribution < -0.4 is 16.0 Å². The first kappa shape index (κ1) is 18.2. The fourth-order valence-corrected chi connectivity index (χ4v) is 2.99. The normalized spacial score (nSPS) is 10.4. The van der Waals surface area contributed by atoms with Gasteiger partial charge in [0, 0.05) is 7.05 Å². The van der Waals surface area contributed by atoms with Crippen LogP contribution in [0.3, 0.4) is 0 Å². The van der Waals surface area contributed by atoms with Gasteiger partial charge in [-0.2, -0.15) is 8.75 Å². The Morgan fingerprint density at radius 2 is 1.65 bits per heavy atom. The molecule has 0 saturated heterocycles. The van der Waals surface area contributed by atoms with Crippen LogP contribution in [0.1, 0.15) is 10.4 Å². The van der Waals surface area contributed by atoms with Crippen LogP contribution in [0.15, 0.2) is 36.4 Å². The molecule has 134 valence electrons. The van der Waals surface area contributed by atoms with E-state index in [0.29, 0.717) is 33.1 Å². The van der Waals surface area contributed by atoms with Crippen LogP contribution in [0.2, 0.25) is 10.0 Å². The highest BCUT2D eigenvalue weighted by Crippen LogP contribution is 2.35. The van der Waals surface area contributed by atoms with E-state index in [4.69, 9.17) is 23.2 Å². The first-order valence-corrected chi connectivity index (χ1v) is 8.84. The van der Waals surface area contributed by atoms with Gasteiger partial charge in [0.1, 0.15) is 0 Å². The zero-order valence-electron chi connectivity index (χ0n) is 13.4. The van der Waals surface area contributed by atoms with Gasteiger partial charge in [-0.3, -0.25) is 4.79 Å². The third-order valence-electron chi connectivity index (χ3n) is 3.45. The number of rotatable bonds is 5. The number of para-hydroxylation sites is 1. The topological polar surface area (TPSA) is 99.2 Å². The third-order valence-corrected chi connectivity index (χ3v) is 4.80. The summed E-state index contributed by atoms with van der Waals surface area (Å²) in [4.78, 5) is 11.8. The third kappa shape index (κ3) is 3.67. The summed E-state index contributed by atoms with van der Waals surface area (Å²) in [6.45, 7) is 0. The molecule has 1 aromatic heterocycles. The van der Waals surface area contributed by atoms with Crippen LogP contribution in [-0.4, -0.2) is 26.8 Å². The maximum Gasteiger partial charge on any atom is 0.254 e. The predicted molar refractivity (Wildman–Crippen MR) is 104 cm³/mol. The molecular weight excluding hydrogens is 397 g/mol. The van der Waals surface area contributed by atoms with Gasteiger partial charge in [0.2, 0.25) is 0 Å². The van der Waals surface area contributed by atoms with E-state index in [9.17, 15) is 9.90 Å². The summed E-state index contributed by atoms with van der Waals surface area (Å²) >= 11 is 13.2. The van der Waals surface area contributed by atoms with Crippen LogP contribution in [-0.2, 0) is 0 Å². The SMILES string of the molecule is CNC(=O)c1cccc(Nc2nsnc2Nc2cccc(Cl)c2Cl)c1O. The lowest BCUT2D eigenvalue weighted by molar-refractivity contribution is 0.0960. The van der Waals surface area contributed by atoms with Crippen molar-refractivity contribution in [3.05, 3.63) is 52.0 Å². The van der Waals surface area contributed by atoms with Crippen molar-refractivity contribution in [3.63, 3.8) is 0 Å². The van der Waals surface area contributed by atoms with Gasteiger partial charge in [0.15, 0.2) is 17.4 Å². The maximum atomic E-state index is 11.8. The fourth-order valence-electron chi connectivity index (χ4n) is 2.17. The molecule has 0 atom stereocenters. The molecule has 4 N–H and O–H groups in total. The van der Waals surface area contributed by atoms with Gasteiger partial charge < -0.3 is 21.1 Å². The number of carbonyl (C=O) groups excluding carboxylic acids is 1. The van der Waals surface area contributed by atoms with Crippen molar-refractivity contribution in [2.75, 3.05) is 17.7 Å². The van der Waals surface area contributed by atoms with E-state index < -0.39 is 5.91 Å². The molecule has 0 bridgehead atoms. The lowest BCUT2D eigenvalue weighted by atomic mass is 10.1. The van der Waals surface area contributed by atoms with Gasteiger partial charge in [-0.15, -0.1) is 0 Å². The monoisotopic (exact) mass is 409 g/mol. The van der Waals surface area contributed by atoms with Crippen LogP contribution in [0.4, 0.5) is 23.0 Å². The second kappa shape index (κ2) is 7.77. The molecule has 10 heteroatoms. The standard InChI is InChI=1S/C16H13Cl2N5O2S/c1-19-16(25)8-4-2-7-11(13(8)24)21-15-14(22-26-23-15)20-10-6-3-5-9(17)12(10)18/h2-7,24H,1H3,(H,19,25)(H,20,22)(H,21,23). The largest absolute Gasteiger partial charge is 0.505 e. The minimum Gasteiger partial charge on any atom is -0.505 e. The van der Waals surface area contributed by atoms with Crippen molar-refractivity contribution >= 4 is 63.8 Å². The highest BCUT2D eigenvalue weighted by Gasteiger charge is 2.16. The molecule has 0 spiro atoms. The Morgan fingerprint density at radius 1 is 1.04 bits per heavy atom. The van der Waals surface area contributed by atoms with Crippen LogP contribution in [0.25, 0.3) is 0 Å². The zero-order valence-corrected chi connectivity index (χ0v) is 15.7. The summed E-state index contributed by atoms with van der Waals surface area (Å²) in [5, 5.41) is 19.6. The lowest BCUT2D eigenvalue weighted by Gasteiger charge is -2.12. The number of phenolic OH excluding ortho intramolecular Hbond substituents is 1. The Kier molecular flexibility index (Phi) is 5.46. The summed E-state index contributed by atoms with van der Waals surface area (Å²) in [5.41, 5.74) is 1.03. The van der Waals surface area contributed by atoms with E-state index in [1.807, 2.05) is 0 Å². The predicted octanol–water partition coefficient (Wildman–Crippen LogP) is 4.40. The number of carbonyl (C=O) groups is 1. The number of aromatic nitrogens is 2. The first-order valence-electron chi connectivity index (χ1n) is 7.36. The van der Waals surface area contributed by atoms with Crippen molar-refractivity contribution in [1.82, 2.24) is 14.1 Å². The summed E-state index contributed by atoms with van der Waals surface area (Å²) in [6, 6.07) is 9.97. The van der Waals surface area contributed by atoms with Crippen LogP contribution >= 0.6 is 34.9 Å². The number of hydrogen-bond donors (Lipinski definition) is 4. The summed E-state index contributed by atoms with van der Waals surface area (Å²) in [5.74, 6) is 0.192. The Hall–Kier alpha value is -2.55. The molecule has 3 aromatic rings. The van der Waals surface area contributed by atoms with E-state index in [2.05, 4.69) is 24.7 Å².